The molecule has 124 valence electrons. The highest BCUT2D eigenvalue weighted by molar-refractivity contribution is 7.98. The molecule has 0 bridgehead atoms. The number of rotatable bonds is 3. The van der Waals surface area contributed by atoms with E-state index in [1.807, 2.05) is 25.1 Å². The van der Waals surface area contributed by atoms with Gasteiger partial charge in [-0.15, -0.1) is 11.8 Å². The highest BCUT2D eigenvalue weighted by Crippen LogP contribution is 2.33. The minimum Gasteiger partial charge on any atom is -0.308 e. The molecule has 2 aromatic carbocycles. The molecule has 0 spiro atoms. The van der Waals surface area contributed by atoms with Gasteiger partial charge in [0.1, 0.15) is 0 Å². The van der Waals surface area contributed by atoms with Gasteiger partial charge in [0.25, 0.3) is 11.6 Å². The van der Waals surface area contributed by atoms with Gasteiger partial charge in [-0.2, -0.15) is 0 Å². The summed E-state index contributed by atoms with van der Waals surface area (Å²) in [7, 11) is 0. The molecule has 0 fully saturated rings. The second-order valence-electron chi connectivity index (χ2n) is 5.79. The molecule has 0 aromatic heterocycles. The quantitative estimate of drug-likeness (QED) is 0.476. The van der Waals surface area contributed by atoms with E-state index in [0.717, 1.165) is 29.7 Å². The first-order valence-corrected chi connectivity index (χ1v) is 8.98. The number of nitro groups is 1. The van der Waals surface area contributed by atoms with Crippen molar-refractivity contribution in [3.8, 4) is 0 Å². The van der Waals surface area contributed by atoms with Crippen LogP contribution in [0.25, 0.3) is 0 Å². The molecule has 0 unspecified atom stereocenters. The Morgan fingerprint density at radius 3 is 2.79 bits per heavy atom. The second-order valence-corrected chi connectivity index (χ2v) is 6.63. The average molecular weight is 342 g/mol. The SMILES string of the molecule is CSc1ccc(C(=O)N2CCCc3cccc(C)c32)cc1[N+](=O)[O-]. The van der Waals surface area contributed by atoms with Gasteiger partial charge in [0.15, 0.2) is 0 Å². The number of anilines is 1. The third kappa shape index (κ3) is 2.89. The fraction of sp³-hybridized carbons (Fsp3) is 0.278. The van der Waals surface area contributed by atoms with E-state index in [2.05, 4.69) is 0 Å². The summed E-state index contributed by atoms with van der Waals surface area (Å²) in [6.45, 7) is 2.62. The van der Waals surface area contributed by atoms with E-state index in [1.165, 1.54) is 17.8 Å². The van der Waals surface area contributed by atoms with E-state index < -0.39 is 4.92 Å². The van der Waals surface area contributed by atoms with Crippen LogP contribution in [0.15, 0.2) is 41.3 Å². The fourth-order valence-corrected chi connectivity index (χ4v) is 3.72. The van der Waals surface area contributed by atoms with Crippen molar-refractivity contribution < 1.29 is 9.72 Å². The van der Waals surface area contributed by atoms with Crippen LogP contribution in [0.5, 0.6) is 0 Å². The van der Waals surface area contributed by atoms with Crippen molar-refractivity contribution in [3.05, 3.63) is 63.2 Å². The highest BCUT2D eigenvalue weighted by Gasteiger charge is 2.26. The molecular formula is C18H18N2O3S. The summed E-state index contributed by atoms with van der Waals surface area (Å²) in [4.78, 5) is 26.1. The minimum atomic E-state index is -0.433. The van der Waals surface area contributed by atoms with Crippen molar-refractivity contribution in [2.24, 2.45) is 0 Å². The lowest BCUT2D eigenvalue weighted by molar-refractivity contribution is -0.387. The summed E-state index contributed by atoms with van der Waals surface area (Å²) < 4.78 is 0. The Kier molecular flexibility index (Phi) is 4.57. The van der Waals surface area contributed by atoms with Crippen molar-refractivity contribution in [1.29, 1.82) is 0 Å². The molecule has 3 rings (SSSR count). The first-order valence-electron chi connectivity index (χ1n) is 7.75. The van der Waals surface area contributed by atoms with Crippen molar-refractivity contribution >= 4 is 29.0 Å². The molecule has 1 aliphatic rings. The summed E-state index contributed by atoms with van der Waals surface area (Å²) in [5.41, 5.74) is 3.50. The number of para-hydroxylation sites is 1. The lowest BCUT2D eigenvalue weighted by atomic mass is 9.97. The van der Waals surface area contributed by atoms with Gasteiger partial charge in [-0.1, -0.05) is 18.2 Å². The highest BCUT2D eigenvalue weighted by atomic mass is 32.2. The zero-order valence-corrected chi connectivity index (χ0v) is 14.4. The molecule has 0 saturated heterocycles. The van der Waals surface area contributed by atoms with Crippen LogP contribution >= 0.6 is 11.8 Å². The van der Waals surface area contributed by atoms with Gasteiger partial charge in [0, 0.05) is 18.2 Å². The number of thioether (sulfide) groups is 1. The van der Waals surface area contributed by atoms with E-state index in [1.54, 1.807) is 23.3 Å². The molecule has 0 N–H and O–H groups in total. The van der Waals surface area contributed by atoms with Gasteiger partial charge in [-0.05, 0) is 49.3 Å². The molecule has 1 amide bonds. The summed E-state index contributed by atoms with van der Waals surface area (Å²) in [5.74, 6) is -0.180. The number of benzene rings is 2. The number of nitrogens with zero attached hydrogens (tertiary/aromatic N) is 2. The Morgan fingerprint density at radius 2 is 2.08 bits per heavy atom. The molecule has 0 radical (unpaired) electrons. The molecule has 0 atom stereocenters. The maximum atomic E-state index is 13.0. The Labute approximate surface area is 144 Å². The van der Waals surface area contributed by atoms with E-state index in [4.69, 9.17) is 0 Å². The zero-order valence-electron chi connectivity index (χ0n) is 13.6. The van der Waals surface area contributed by atoms with Crippen LogP contribution in [-0.2, 0) is 6.42 Å². The van der Waals surface area contributed by atoms with Crippen molar-refractivity contribution in [1.82, 2.24) is 0 Å². The number of hydrogen-bond donors (Lipinski definition) is 0. The fourth-order valence-electron chi connectivity index (χ4n) is 3.17. The Hall–Kier alpha value is -2.34. The molecular weight excluding hydrogens is 324 g/mol. The lowest BCUT2D eigenvalue weighted by Crippen LogP contribution is -2.36. The average Bonchev–Trinajstić information content (AvgIpc) is 2.60. The second kappa shape index (κ2) is 6.65. The summed E-state index contributed by atoms with van der Waals surface area (Å²) in [5, 5.41) is 11.3. The number of carbonyl (C=O) groups excluding carboxylic acids is 1. The van der Waals surface area contributed by atoms with Crippen LogP contribution in [0.4, 0.5) is 11.4 Å². The Morgan fingerprint density at radius 1 is 1.29 bits per heavy atom. The van der Waals surface area contributed by atoms with Gasteiger partial charge >= 0.3 is 0 Å². The van der Waals surface area contributed by atoms with Crippen LogP contribution in [0.2, 0.25) is 0 Å². The largest absolute Gasteiger partial charge is 0.308 e. The Bertz CT molecular complexity index is 820. The molecule has 0 aliphatic carbocycles. The van der Waals surface area contributed by atoms with Crippen LogP contribution in [-0.4, -0.2) is 23.6 Å². The van der Waals surface area contributed by atoms with Gasteiger partial charge in [-0.25, -0.2) is 0 Å². The summed E-state index contributed by atoms with van der Waals surface area (Å²) in [6, 6.07) is 10.7. The molecule has 6 heteroatoms. The standard InChI is InChI=1S/C18H18N2O3S/c1-12-5-3-6-13-7-4-10-19(17(12)13)18(21)14-8-9-16(24-2)15(11-14)20(22)23/h3,5-6,8-9,11H,4,7,10H2,1-2H3. The lowest BCUT2D eigenvalue weighted by Gasteiger charge is -2.31. The van der Waals surface area contributed by atoms with Gasteiger partial charge in [0.2, 0.25) is 0 Å². The zero-order chi connectivity index (χ0) is 17.3. The molecule has 1 heterocycles. The molecule has 1 aliphatic heterocycles. The van der Waals surface area contributed by atoms with Crippen LogP contribution in [0, 0.1) is 17.0 Å². The predicted octanol–water partition coefficient (Wildman–Crippen LogP) is 4.22. The van der Waals surface area contributed by atoms with Crippen LogP contribution < -0.4 is 4.90 Å². The third-order valence-corrected chi connectivity index (χ3v) is 5.07. The number of aryl methyl sites for hydroxylation is 2. The first kappa shape index (κ1) is 16.5. The molecule has 24 heavy (non-hydrogen) atoms. The van der Waals surface area contributed by atoms with Gasteiger partial charge in [0.05, 0.1) is 15.5 Å². The van der Waals surface area contributed by atoms with E-state index in [9.17, 15) is 14.9 Å². The third-order valence-electron chi connectivity index (χ3n) is 4.29. The minimum absolute atomic E-state index is 0.0182. The number of nitro benzene ring substituents is 1. The number of fused-ring (bicyclic) bond motifs is 1. The van der Waals surface area contributed by atoms with Gasteiger partial charge < -0.3 is 4.90 Å². The molecule has 0 saturated carbocycles. The number of carbonyl (C=O) groups is 1. The van der Waals surface area contributed by atoms with Crippen LogP contribution in [0.1, 0.15) is 27.9 Å². The molecule has 2 aromatic rings. The van der Waals surface area contributed by atoms with Crippen molar-refractivity contribution in [2.75, 3.05) is 17.7 Å². The number of hydrogen-bond acceptors (Lipinski definition) is 4. The summed E-state index contributed by atoms with van der Waals surface area (Å²) in [6.07, 6.45) is 3.63. The maximum absolute atomic E-state index is 13.0. The van der Waals surface area contributed by atoms with Gasteiger partial charge in [-0.3, -0.25) is 14.9 Å². The van der Waals surface area contributed by atoms with E-state index in [-0.39, 0.29) is 11.6 Å². The maximum Gasteiger partial charge on any atom is 0.283 e. The molecule has 5 nitrogen and oxygen atoms in total. The Balaban J connectivity index is 2.03. The normalized spacial score (nSPS) is 13.5. The monoisotopic (exact) mass is 342 g/mol. The predicted molar refractivity (Wildman–Crippen MR) is 96.1 cm³/mol. The smallest absolute Gasteiger partial charge is 0.283 e. The van der Waals surface area contributed by atoms with Crippen molar-refractivity contribution in [3.63, 3.8) is 0 Å². The van der Waals surface area contributed by atoms with Crippen molar-refractivity contribution in [2.45, 2.75) is 24.7 Å². The summed E-state index contributed by atoms with van der Waals surface area (Å²) >= 11 is 1.30. The first-order chi connectivity index (χ1) is 11.5. The number of amides is 1. The van der Waals surface area contributed by atoms with Crippen LogP contribution in [0.3, 0.4) is 0 Å². The van der Waals surface area contributed by atoms with E-state index >= 15 is 0 Å². The topological polar surface area (TPSA) is 63.5 Å². The van der Waals surface area contributed by atoms with E-state index in [0.29, 0.717) is 17.0 Å².